The first-order chi connectivity index (χ1) is 8.50. The Labute approximate surface area is 112 Å². The summed E-state index contributed by atoms with van der Waals surface area (Å²) in [7, 11) is 2.19. The smallest absolute Gasteiger partial charge is 0.0333 e. The van der Waals surface area contributed by atoms with E-state index in [-0.39, 0.29) is 6.04 Å². The number of nitrogens with zero attached hydrogens (tertiary/aromatic N) is 1. The van der Waals surface area contributed by atoms with E-state index in [0.29, 0.717) is 5.92 Å². The average molecular weight is 248 g/mol. The maximum Gasteiger partial charge on any atom is 0.0333 e. The lowest BCUT2D eigenvalue weighted by atomic mass is 9.95. The van der Waals surface area contributed by atoms with Crippen molar-refractivity contribution in [2.45, 2.75) is 33.2 Å². The Morgan fingerprint density at radius 1 is 1.11 bits per heavy atom. The van der Waals surface area contributed by atoms with Crippen LogP contribution in [0.5, 0.6) is 0 Å². The zero-order valence-electron chi connectivity index (χ0n) is 12.3. The Morgan fingerprint density at radius 3 is 2.28 bits per heavy atom. The van der Waals surface area contributed by atoms with Crippen molar-refractivity contribution in [2.24, 2.45) is 17.6 Å². The standard InChI is InChI=1S/C16H28N2/c1-13(2)10-11-18(4)12-14(3)16(17)15-8-6-5-7-9-15/h5-9,13-14,16H,10-12,17H2,1-4H3. The molecule has 2 atom stereocenters. The number of hydrogen-bond acceptors (Lipinski definition) is 2. The normalized spacial score (nSPS) is 15.1. The van der Waals surface area contributed by atoms with Crippen molar-refractivity contribution < 1.29 is 0 Å². The highest BCUT2D eigenvalue weighted by Crippen LogP contribution is 2.19. The summed E-state index contributed by atoms with van der Waals surface area (Å²) < 4.78 is 0. The number of hydrogen-bond donors (Lipinski definition) is 1. The number of nitrogens with two attached hydrogens (primary N) is 1. The second-order valence-corrected chi connectivity index (χ2v) is 5.86. The molecule has 1 aromatic rings. The molecule has 0 fully saturated rings. The summed E-state index contributed by atoms with van der Waals surface area (Å²) in [4.78, 5) is 2.40. The molecular weight excluding hydrogens is 220 g/mol. The molecule has 0 amide bonds. The highest BCUT2D eigenvalue weighted by atomic mass is 15.1. The SMILES string of the molecule is CC(C)CCN(C)CC(C)C(N)c1ccccc1. The summed E-state index contributed by atoms with van der Waals surface area (Å²) in [6, 6.07) is 10.5. The van der Waals surface area contributed by atoms with Crippen LogP contribution in [0.25, 0.3) is 0 Å². The van der Waals surface area contributed by atoms with E-state index in [4.69, 9.17) is 5.73 Å². The van der Waals surface area contributed by atoms with Gasteiger partial charge in [-0.05, 0) is 37.4 Å². The minimum absolute atomic E-state index is 0.132. The van der Waals surface area contributed by atoms with Gasteiger partial charge in [0.1, 0.15) is 0 Å². The summed E-state index contributed by atoms with van der Waals surface area (Å²) in [6.45, 7) is 9.00. The van der Waals surface area contributed by atoms with E-state index < -0.39 is 0 Å². The van der Waals surface area contributed by atoms with Crippen LogP contribution in [0.4, 0.5) is 0 Å². The third-order valence-corrected chi connectivity index (χ3v) is 3.49. The molecule has 0 saturated carbocycles. The second kappa shape index (κ2) is 7.55. The maximum atomic E-state index is 6.32. The summed E-state index contributed by atoms with van der Waals surface area (Å²) in [6.07, 6.45) is 1.25. The number of benzene rings is 1. The van der Waals surface area contributed by atoms with E-state index in [1.807, 2.05) is 6.07 Å². The average Bonchev–Trinajstić information content (AvgIpc) is 2.36. The van der Waals surface area contributed by atoms with E-state index in [1.165, 1.54) is 12.0 Å². The van der Waals surface area contributed by atoms with Crippen LogP contribution in [0, 0.1) is 11.8 Å². The van der Waals surface area contributed by atoms with E-state index >= 15 is 0 Å². The third-order valence-electron chi connectivity index (χ3n) is 3.49. The van der Waals surface area contributed by atoms with E-state index in [2.05, 4.69) is 57.0 Å². The van der Waals surface area contributed by atoms with Crippen molar-refractivity contribution in [1.82, 2.24) is 4.90 Å². The van der Waals surface area contributed by atoms with Crippen molar-refractivity contribution in [1.29, 1.82) is 0 Å². The minimum atomic E-state index is 0.132. The van der Waals surface area contributed by atoms with Gasteiger partial charge in [0, 0.05) is 12.6 Å². The maximum absolute atomic E-state index is 6.32. The lowest BCUT2D eigenvalue weighted by Crippen LogP contribution is -2.32. The van der Waals surface area contributed by atoms with Gasteiger partial charge in [0.15, 0.2) is 0 Å². The fraction of sp³-hybridized carbons (Fsp3) is 0.625. The van der Waals surface area contributed by atoms with Crippen molar-refractivity contribution in [2.75, 3.05) is 20.1 Å². The minimum Gasteiger partial charge on any atom is -0.324 e. The molecule has 1 aromatic carbocycles. The molecule has 2 nitrogen and oxygen atoms in total. The van der Waals surface area contributed by atoms with Crippen LogP contribution in [0.15, 0.2) is 30.3 Å². The largest absolute Gasteiger partial charge is 0.324 e. The van der Waals surface area contributed by atoms with Crippen molar-refractivity contribution in [3.05, 3.63) is 35.9 Å². The molecule has 18 heavy (non-hydrogen) atoms. The second-order valence-electron chi connectivity index (χ2n) is 5.86. The molecule has 102 valence electrons. The predicted octanol–water partition coefficient (Wildman–Crippen LogP) is 3.30. The Kier molecular flexibility index (Phi) is 6.37. The van der Waals surface area contributed by atoms with E-state index in [1.54, 1.807) is 0 Å². The molecule has 0 radical (unpaired) electrons. The summed E-state index contributed by atoms with van der Waals surface area (Å²) in [5.74, 6) is 1.25. The van der Waals surface area contributed by atoms with Gasteiger partial charge in [-0.1, -0.05) is 51.1 Å². The molecular formula is C16H28N2. The zero-order valence-corrected chi connectivity index (χ0v) is 12.3. The molecule has 2 heteroatoms. The van der Waals surface area contributed by atoms with Crippen molar-refractivity contribution >= 4 is 0 Å². The molecule has 0 bridgehead atoms. The first-order valence-electron chi connectivity index (χ1n) is 6.99. The lowest BCUT2D eigenvalue weighted by molar-refractivity contribution is 0.252. The molecule has 0 saturated heterocycles. The first kappa shape index (κ1) is 15.2. The molecule has 2 N–H and O–H groups in total. The van der Waals surface area contributed by atoms with Gasteiger partial charge in [-0.2, -0.15) is 0 Å². The molecule has 0 spiro atoms. The van der Waals surface area contributed by atoms with Crippen molar-refractivity contribution in [3.63, 3.8) is 0 Å². The number of rotatable bonds is 7. The monoisotopic (exact) mass is 248 g/mol. The van der Waals surface area contributed by atoms with Crippen LogP contribution in [0.3, 0.4) is 0 Å². The molecule has 0 aromatic heterocycles. The van der Waals surface area contributed by atoms with Gasteiger partial charge >= 0.3 is 0 Å². The Bertz CT molecular complexity index is 321. The predicted molar refractivity (Wildman–Crippen MR) is 79.5 cm³/mol. The lowest BCUT2D eigenvalue weighted by Gasteiger charge is -2.26. The Hall–Kier alpha value is -0.860. The molecule has 1 rings (SSSR count). The highest BCUT2D eigenvalue weighted by molar-refractivity contribution is 5.19. The molecule has 0 heterocycles. The van der Waals surface area contributed by atoms with Gasteiger partial charge in [0.25, 0.3) is 0 Å². The Morgan fingerprint density at radius 2 is 1.72 bits per heavy atom. The van der Waals surface area contributed by atoms with Crippen LogP contribution >= 0.6 is 0 Å². The fourth-order valence-corrected chi connectivity index (χ4v) is 2.18. The third kappa shape index (κ3) is 5.19. The first-order valence-corrected chi connectivity index (χ1v) is 6.99. The molecule has 0 aliphatic carbocycles. The van der Waals surface area contributed by atoms with Gasteiger partial charge in [0.05, 0.1) is 0 Å². The molecule has 2 unspecified atom stereocenters. The van der Waals surface area contributed by atoms with Crippen LogP contribution in [0.1, 0.15) is 38.8 Å². The summed E-state index contributed by atoms with van der Waals surface area (Å²) in [5, 5.41) is 0. The topological polar surface area (TPSA) is 29.3 Å². The van der Waals surface area contributed by atoms with Gasteiger partial charge in [-0.15, -0.1) is 0 Å². The van der Waals surface area contributed by atoms with Gasteiger partial charge in [-0.25, -0.2) is 0 Å². The molecule has 0 aliphatic rings. The van der Waals surface area contributed by atoms with Gasteiger partial charge in [0.2, 0.25) is 0 Å². The fourth-order valence-electron chi connectivity index (χ4n) is 2.18. The van der Waals surface area contributed by atoms with Crippen LogP contribution in [0.2, 0.25) is 0 Å². The van der Waals surface area contributed by atoms with Gasteiger partial charge in [-0.3, -0.25) is 0 Å². The summed E-state index contributed by atoms with van der Waals surface area (Å²) in [5.41, 5.74) is 7.55. The van der Waals surface area contributed by atoms with Crippen molar-refractivity contribution in [3.8, 4) is 0 Å². The summed E-state index contributed by atoms with van der Waals surface area (Å²) >= 11 is 0. The quantitative estimate of drug-likeness (QED) is 0.802. The van der Waals surface area contributed by atoms with E-state index in [0.717, 1.165) is 19.0 Å². The zero-order chi connectivity index (χ0) is 13.5. The molecule has 0 aliphatic heterocycles. The van der Waals surface area contributed by atoms with Crippen LogP contribution < -0.4 is 5.73 Å². The van der Waals surface area contributed by atoms with Gasteiger partial charge < -0.3 is 10.6 Å². The Balaban J connectivity index is 2.42. The van der Waals surface area contributed by atoms with E-state index in [9.17, 15) is 0 Å². The van der Waals surface area contributed by atoms with Crippen LogP contribution in [-0.2, 0) is 0 Å². The van der Waals surface area contributed by atoms with Crippen LogP contribution in [-0.4, -0.2) is 25.0 Å². The highest BCUT2D eigenvalue weighted by Gasteiger charge is 2.16.